The molecule has 0 radical (unpaired) electrons. The molecular formula is C14H14O2S. The van der Waals surface area contributed by atoms with Crippen molar-refractivity contribution in [1.29, 1.82) is 0 Å². The van der Waals surface area contributed by atoms with E-state index in [1.54, 1.807) is 11.3 Å². The zero-order valence-corrected chi connectivity index (χ0v) is 10.3. The van der Waals surface area contributed by atoms with Crippen LogP contribution >= 0.6 is 11.3 Å². The number of Topliss-reactive ketones (excluding diaryl/α,β-unsaturated/α-hetero) is 1. The van der Waals surface area contributed by atoms with E-state index in [2.05, 4.69) is 0 Å². The summed E-state index contributed by atoms with van der Waals surface area (Å²) in [5, 5.41) is 3.97. The van der Waals surface area contributed by atoms with Gasteiger partial charge in [-0.1, -0.05) is 30.3 Å². The number of rotatable bonds is 6. The fraction of sp³-hybridized carbons (Fsp3) is 0.214. The number of hydrogen-bond acceptors (Lipinski definition) is 3. The predicted octanol–water partition coefficient (Wildman–Crippen LogP) is 3.08. The number of carbonyl (C=O) groups excluding carboxylic acids is 1. The van der Waals surface area contributed by atoms with E-state index in [0.717, 1.165) is 11.1 Å². The van der Waals surface area contributed by atoms with Gasteiger partial charge in [-0.15, -0.1) is 0 Å². The van der Waals surface area contributed by atoms with Gasteiger partial charge in [-0.05, 0) is 28.0 Å². The summed E-state index contributed by atoms with van der Waals surface area (Å²) in [6.07, 6.45) is 0.471. The summed E-state index contributed by atoms with van der Waals surface area (Å²) < 4.78 is 5.38. The van der Waals surface area contributed by atoms with Gasteiger partial charge < -0.3 is 4.74 Å². The fourth-order valence-electron chi connectivity index (χ4n) is 1.53. The molecule has 0 spiro atoms. The molecule has 0 aliphatic heterocycles. The molecular weight excluding hydrogens is 232 g/mol. The molecule has 0 aliphatic rings. The quantitative estimate of drug-likeness (QED) is 0.783. The van der Waals surface area contributed by atoms with Crippen LogP contribution in [0.3, 0.4) is 0 Å². The summed E-state index contributed by atoms with van der Waals surface area (Å²) in [7, 11) is 0. The molecule has 17 heavy (non-hydrogen) atoms. The Morgan fingerprint density at radius 1 is 1.12 bits per heavy atom. The SMILES string of the molecule is O=C(COCc1ccccc1)Cc1ccsc1. The fourth-order valence-corrected chi connectivity index (χ4v) is 2.20. The van der Waals surface area contributed by atoms with Crippen LogP contribution in [0.5, 0.6) is 0 Å². The summed E-state index contributed by atoms with van der Waals surface area (Å²) in [5.41, 5.74) is 2.17. The first-order chi connectivity index (χ1) is 8.34. The van der Waals surface area contributed by atoms with Gasteiger partial charge in [0.05, 0.1) is 6.61 Å². The van der Waals surface area contributed by atoms with E-state index in [9.17, 15) is 4.79 Å². The van der Waals surface area contributed by atoms with Crippen LogP contribution in [0.2, 0.25) is 0 Å². The Balaban J connectivity index is 1.70. The average Bonchev–Trinajstić information content (AvgIpc) is 2.83. The third kappa shape index (κ3) is 4.13. The molecule has 0 N–H and O–H groups in total. The van der Waals surface area contributed by atoms with E-state index < -0.39 is 0 Å². The van der Waals surface area contributed by atoms with Gasteiger partial charge in [0, 0.05) is 6.42 Å². The van der Waals surface area contributed by atoms with Crippen LogP contribution in [0.15, 0.2) is 47.2 Å². The lowest BCUT2D eigenvalue weighted by Gasteiger charge is -2.03. The zero-order valence-electron chi connectivity index (χ0n) is 9.46. The Bertz CT molecular complexity index is 448. The van der Waals surface area contributed by atoms with Gasteiger partial charge in [0.1, 0.15) is 6.61 Å². The molecule has 3 heteroatoms. The average molecular weight is 246 g/mol. The summed E-state index contributed by atoms with van der Waals surface area (Å²) in [6.45, 7) is 0.682. The molecule has 1 heterocycles. The van der Waals surface area contributed by atoms with Crippen molar-refractivity contribution in [3.05, 3.63) is 58.3 Å². The standard InChI is InChI=1S/C14H14O2S/c15-14(8-13-6-7-17-11-13)10-16-9-12-4-2-1-3-5-12/h1-7,11H,8-10H2. The molecule has 0 unspecified atom stereocenters. The number of carbonyl (C=O) groups is 1. The first-order valence-corrected chi connectivity index (χ1v) is 6.43. The third-order valence-corrected chi connectivity index (χ3v) is 3.09. The molecule has 88 valence electrons. The Labute approximate surface area is 105 Å². The van der Waals surface area contributed by atoms with Crippen molar-refractivity contribution < 1.29 is 9.53 Å². The predicted molar refractivity (Wildman–Crippen MR) is 69.1 cm³/mol. The van der Waals surface area contributed by atoms with Crippen LogP contribution < -0.4 is 0 Å². The number of thiophene rings is 1. The molecule has 0 saturated heterocycles. The second kappa shape index (κ2) is 6.33. The van der Waals surface area contributed by atoms with E-state index in [1.807, 2.05) is 47.2 Å². The third-order valence-electron chi connectivity index (χ3n) is 2.36. The minimum absolute atomic E-state index is 0.124. The van der Waals surface area contributed by atoms with Crippen molar-refractivity contribution in [2.24, 2.45) is 0 Å². The van der Waals surface area contributed by atoms with E-state index in [1.165, 1.54) is 0 Å². The number of benzene rings is 1. The van der Waals surface area contributed by atoms with Crippen molar-refractivity contribution in [1.82, 2.24) is 0 Å². The minimum Gasteiger partial charge on any atom is -0.369 e. The van der Waals surface area contributed by atoms with E-state index in [0.29, 0.717) is 13.0 Å². The molecule has 0 bridgehead atoms. The number of ether oxygens (including phenoxy) is 1. The highest BCUT2D eigenvalue weighted by atomic mass is 32.1. The second-order valence-electron chi connectivity index (χ2n) is 3.83. The molecule has 0 amide bonds. The van der Waals surface area contributed by atoms with Crippen molar-refractivity contribution in [3.8, 4) is 0 Å². The van der Waals surface area contributed by atoms with E-state index >= 15 is 0 Å². The maximum absolute atomic E-state index is 11.6. The Morgan fingerprint density at radius 3 is 2.65 bits per heavy atom. The van der Waals surface area contributed by atoms with E-state index in [4.69, 9.17) is 4.74 Å². The zero-order chi connectivity index (χ0) is 11.9. The normalized spacial score (nSPS) is 10.4. The molecule has 0 saturated carbocycles. The molecule has 0 fully saturated rings. The summed E-state index contributed by atoms with van der Waals surface area (Å²) in [4.78, 5) is 11.6. The molecule has 2 rings (SSSR count). The van der Waals surface area contributed by atoms with Crippen LogP contribution in [0.25, 0.3) is 0 Å². The lowest BCUT2D eigenvalue weighted by atomic mass is 10.2. The van der Waals surface area contributed by atoms with Gasteiger partial charge in [-0.2, -0.15) is 11.3 Å². The van der Waals surface area contributed by atoms with Gasteiger partial charge in [0.25, 0.3) is 0 Å². The number of ketones is 1. The van der Waals surface area contributed by atoms with Crippen molar-refractivity contribution >= 4 is 17.1 Å². The lowest BCUT2D eigenvalue weighted by molar-refractivity contribution is -0.123. The van der Waals surface area contributed by atoms with Gasteiger partial charge in [-0.3, -0.25) is 4.79 Å². The molecule has 0 atom stereocenters. The van der Waals surface area contributed by atoms with Gasteiger partial charge in [0.2, 0.25) is 0 Å². The summed E-state index contributed by atoms with van der Waals surface area (Å²) in [6, 6.07) is 11.8. The highest BCUT2D eigenvalue weighted by Crippen LogP contribution is 2.07. The Hall–Kier alpha value is -1.45. The van der Waals surface area contributed by atoms with Gasteiger partial charge in [0.15, 0.2) is 5.78 Å². The maximum atomic E-state index is 11.6. The summed E-state index contributed by atoms with van der Waals surface area (Å²) >= 11 is 1.61. The Kier molecular flexibility index (Phi) is 4.47. The topological polar surface area (TPSA) is 26.3 Å². The number of hydrogen-bond donors (Lipinski definition) is 0. The van der Waals surface area contributed by atoms with Crippen LogP contribution in [-0.2, 0) is 22.6 Å². The van der Waals surface area contributed by atoms with Crippen LogP contribution in [0.1, 0.15) is 11.1 Å². The minimum atomic E-state index is 0.124. The van der Waals surface area contributed by atoms with Crippen LogP contribution in [0, 0.1) is 0 Å². The summed E-state index contributed by atoms with van der Waals surface area (Å²) in [5.74, 6) is 0.124. The lowest BCUT2D eigenvalue weighted by Crippen LogP contribution is -2.11. The monoisotopic (exact) mass is 246 g/mol. The molecule has 2 aromatic rings. The van der Waals surface area contributed by atoms with Crippen LogP contribution in [-0.4, -0.2) is 12.4 Å². The highest BCUT2D eigenvalue weighted by molar-refractivity contribution is 7.07. The maximum Gasteiger partial charge on any atom is 0.162 e. The van der Waals surface area contributed by atoms with Crippen LogP contribution in [0.4, 0.5) is 0 Å². The van der Waals surface area contributed by atoms with Crippen molar-refractivity contribution in [2.75, 3.05) is 6.61 Å². The largest absolute Gasteiger partial charge is 0.369 e. The Morgan fingerprint density at radius 2 is 1.94 bits per heavy atom. The van der Waals surface area contributed by atoms with Crippen molar-refractivity contribution in [3.63, 3.8) is 0 Å². The molecule has 0 aliphatic carbocycles. The van der Waals surface area contributed by atoms with Gasteiger partial charge >= 0.3 is 0 Å². The molecule has 2 nitrogen and oxygen atoms in total. The highest BCUT2D eigenvalue weighted by Gasteiger charge is 2.04. The van der Waals surface area contributed by atoms with E-state index in [-0.39, 0.29) is 12.4 Å². The molecule has 1 aromatic carbocycles. The van der Waals surface area contributed by atoms with Crippen molar-refractivity contribution in [2.45, 2.75) is 13.0 Å². The smallest absolute Gasteiger partial charge is 0.162 e. The van der Waals surface area contributed by atoms with Gasteiger partial charge in [-0.25, -0.2) is 0 Å². The first kappa shape index (κ1) is 12.0. The first-order valence-electron chi connectivity index (χ1n) is 5.49. The second-order valence-corrected chi connectivity index (χ2v) is 4.61. The molecule has 1 aromatic heterocycles.